The Morgan fingerprint density at radius 2 is 1.93 bits per heavy atom. The van der Waals surface area contributed by atoms with E-state index in [1.54, 1.807) is 0 Å². The second kappa shape index (κ2) is 5.66. The van der Waals surface area contributed by atoms with Crippen LogP contribution < -0.4 is 0 Å². The quantitative estimate of drug-likeness (QED) is 0.527. The van der Waals surface area contributed by atoms with Gasteiger partial charge in [0.05, 0.1) is 16.2 Å². The molecule has 3 aromatic heterocycles. The van der Waals surface area contributed by atoms with Gasteiger partial charge in [0, 0.05) is 11.3 Å². The van der Waals surface area contributed by atoms with E-state index < -0.39 is 11.9 Å². The molecule has 5 rings (SSSR count). The highest BCUT2D eigenvalue weighted by atomic mass is 35.5. The Morgan fingerprint density at radius 1 is 1.15 bits per heavy atom. The van der Waals surface area contributed by atoms with E-state index in [0.717, 1.165) is 23.7 Å². The number of rotatable bonds is 3. The van der Waals surface area contributed by atoms with Gasteiger partial charge in [0.2, 0.25) is 0 Å². The van der Waals surface area contributed by atoms with E-state index in [4.69, 9.17) is 11.6 Å². The summed E-state index contributed by atoms with van der Waals surface area (Å²) in [4.78, 5) is 8.79. The first-order chi connectivity index (χ1) is 12.9. The molecule has 0 N–H and O–H groups in total. The van der Waals surface area contributed by atoms with Crippen molar-refractivity contribution in [3.8, 4) is 0 Å². The normalized spacial score (nSPS) is 15.1. The number of nitrogens with zero attached hydrogens (tertiary/aromatic N) is 6. The zero-order chi connectivity index (χ0) is 18.8. The predicted octanol–water partition coefficient (Wildman–Crippen LogP) is 4.07. The number of halogens is 4. The molecular formula is C17H12ClF3N6. The maximum Gasteiger partial charge on any atom is 0.436 e. The third-order valence-electron chi connectivity index (χ3n) is 4.58. The van der Waals surface area contributed by atoms with Crippen LogP contribution in [0.1, 0.15) is 36.0 Å². The number of hydrogen-bond acceptors (Lipinski definition) is 4. The first kappa shape index (κ1) is 16.5. The molecule has 0 unspecified atom stereocenters. The minimum absolute atomic E-state index is 0.000582. The van der Waals surface area contributed by atoms with Gasteiger partial charge >= 0.3 is 6.18 Å². The molecule has 1 saturated carbocycles. The fraction of sp³-hybridized carbons (Fsp3) is 0.294. The maximum atomic E-state index is 13.2. The van der Waals surface area contributed by atoms with Crippen LogP contribution in [0, 0.1) is 0 Å². The van der Waals surface area contributed by atoms with E-state index in [2.05, 4.69) is 20.2 Å². The largest absolute Gasteiger partial charge is 0.436 e. The van der Waals surface area contributed by atoms with Crippen LogP contribution in [0.25, 0.3) is 16.6 Å². The predicted molar refractivity (Wildman–Crippen MR) is 91.6 cm³/mol. The molecule has 1 aromatic carbocycles. The summed E-state index contributed by atoms with van der Waals surface area (Å²) in [7, 11) is 0. The molecular weight excluding hydrogens is 381 g/mol. The third-order valence-corrected chi connectivity index (χ3v) is 4.95. The minimum Gasteiger partial charge on any atom is -0.259 e. The molecule has 4 aromatic rings. The molecule has 0 aliphatic heterocycles. The van der Waals surface area contributed by atoms with Crippen molar-refractivity contribution in [1.29, 1.82) is 0 Å². The van der Waals surface area contributed by atoms with Crippen LogP contribution in [0.4, 0.5) is 13.2 Å². The number of para-hydroxylation sites is 1. The van der Waals surface area contributed by atoms with Gasteiger partial charge in [-0.2, -0.15) is 18.3 Å². The van der Waals surface area contributed by atoms with Crippen molar-refractivity contribution in [2.24, 2.45) is 0 Å². The molecule has 0 spiro atoms. The van der Waals surface area contributed by atoms with Crippen molar-refractivity contribution < 1.29 is 13.2 Å². The second-order valence-electron chi connectivity index (χ2n) is 6.54. The van der Waals surface area contributed by atoms with Gasteiger partial charge in [-0.05, 0) is 25.0 Å². The van der Waals surface area contributed by atoms with Gasteiger partial charge in [-0.1, -0.05) is 23.7 Å². The summed E-state index contributed by atoms with van der Waals surface area (Å²) in [5.74, 6) is 0.351. The number of aromatic nitrogens is 6. The molecule has 0 saturated heterocycles. The molecule has 1 aliphatic rings. The standard InChI is InChI=1S/C17H12ClF3N6/c18-13-14(9-5-6-9)26(25-15(13)17(19,20)21)7-12-23-16-10-3-1-2-4-11(10)22-8-27(16)24-12/h1-4,8-9H,5-7H2. The molecule has 1 aliphatic carbocycles. The van der Waals surface area contributed by atoms with Crippen molar-refractivity contribution in [2.45, 2.75) is 31.5 Å². The minimum atomic E-state index is -4.60. The summed E-state index contributed by atoms with van der Waals surface area (Å²) in [6.45, 7) is 0.0115. The average Bonchev–Trinajstić information content (AvgIpc) is 3.27. The highest BCUT2D eigenvalue weighted by molar-refractivity contribution is 6.32. The Kier molecular flexibility index (Phi) is 3.45. The molecule has 3 heterocycles. The van der Waals surface area contributed by atoms with Gasteiger partial charge in [0.15, 0.2) is 17.2 Å². The van der Waals surface area contributed by atoms with E-state index in [1.807, 2.05) is 24.3 Å². The second-order valence-corrected chi connectivity index (χ2v) is 6.91. The first-order valence-corrected chi connectivity index (χ1v) is 8.72. The Hall–Kier alpha value is -2.68. The van der Waals surface area contributed by atoms with Gasteiger partial charge in [0.1, 0.15) is 12.9 Å². The lowest BCUT2D eigenvalue weighted by Crippen LogP contribution is -2.10. The van der Waals surface area contributed by atoms with Gasteiger partial charge < -0.3 is 0 Å². The Labute approximate surface area is 155 Å². The number of fused-ring (bicyclic) bond motifs is 3. The van der Waals surface area contributed by atoms with E-state index in [1.165, 1.54) is 15.5 Å². The highest BCUT2D eigenvalue weighted by Gasteiger charge is 2.42. The van der Waals surface area contributed by atoms with Gasteiger partial charge in [-0.15, -0.1) is 5.10 Å². The summed E-state index contributed by atoms with van der Waals surface area (Å²) in [5, 5.41) is 8.56. The van der Waals surface area contributed by atoms with Crippen LogP contribution in [0.3, 0.4) is 0 Å². The van der Waals surface area contributed by atoms with Gasteiger partial charge in [0.25, 0.3) is 0 Å². The highest BCUT2D eigenvalue weighted by Crippen LogP contribution is 2.47. The Balaban J connectivity index is 1.60. The lowest BCUT2D eigenvalue weighted by molar-refractivity contribution is -0.141. The molecule has 0 amide bonds. The molecule has 1 fully saturated rings. The number of hydrogen-bond donors (Lipinski definition) is 0. The lowest BCUT2D eigenvalue weighted by atomic mass is 10.2. The zero-order valence-corrected chi connectivity index (χ0v) is 14.5. The summed E-state index contributed by atoms with van der Waals surface area (Å²) >= 11 is 6.01. The fourth-order valence-corrected chi connectivity index (χ4v) is 3.62. The molecule has 6 nitrogen and oxygen atoms in total. The summed E-state index contributed by atoms with van der Waals surface area (Å²) in [5.41, 5.74) is 0.717. The van der Waals surface area contributed by atoms with Crippen molar-refractivity contribution in [2.75, 3.05) is 0 Å². The molecule has 27 heavy (non-hydrogen) atoms. The first-order valence-electron chi connectivity index (χ1n) is 8.34. The fourth-order valence-electron chi connectivity index (χ4n) is 3.23. The van der Waals surface area contributed by atoms with Crippen LogP contribution in [0.5, 0.6) is 0 Å². The third kappa shape index (κ3) is 2.73. The topological polar surface area (TPSA) is 60.9 Å². The summed E-state index contributed by atoms with van der Waals surface area (Å²) < 4.78 is 42.4. The van der Waals surface area contributed by atoms with Crippen molar-refractivity contribution in [3.05, 3.63) is 52.8 Å². The van der Waals surface area contributed by atoms with Crippen LogP contribution in [0.15, 0.2) is 30.6 Å². The Bertz CT molecular complexity index is 1170. The summed E-state index contributed by atoms with van der Waals surface area (Å²) in [6.07, 6.45) is -1.46. The van der Waals surface area contributed by atoms with E-state index >= 15 is 0 Å². The zero-order valence-electron chi connectivity index (χ0n) is 13.8. The SMILES string of the molecule is FC(F)(F)c1nn(Cc2nc3c4ccccc4ncn3n2)c(C2CC2)c1Cl. The van der Waals surface area contributed by atoms with Gasteiger partial charge in [-0.25, -0.2) is 14.5 Å². The lowest BCUT2D eigenvalue weighted by Gasteiger charge is -2.03. The van der Waals surface area contributed by atoms with E-state index in [0.29, 0.717) is 17.2 Å². The number of alkyl halides is 3. The molecule has 138 valence electrons. The smallest absolute Gasteiger partial charge is 0.259 e. The van der Waals surface area contributed by atoms with Crippen LogP contribution in [-0.2, 0) is 12.7 Å². The molecule has 0 radical (unpaired) electrons. The Morgan fingerprint density at radius 3 is 2.67 bits per heavy atom. The van der Waals surface area contributed by atoms with Crippen LogP contribution in [-0.4, -0.2) is 29.4 Å². The molecule has 0 bridgehead atoms. The molecule has 10 heteroatoms. The van der Waals surface area contributed by atoms with E-state index in [-0.39, 0.29) is 17.5 Å². The van der Waals surface area contributed by atoms with Crippen molar-refractivity contribution in [1.82, 2.24) is 29.4 Å². The molecule has 0 atom stereocenters. The monoisotopic (exact) mass is 392 g/mol. The van der Waals surface area contributed by atoms with Crippen LogP contribution in [0.2, 0.25) is 5.02 Å². The average molecular weight is 393 g/mol. The van der Waals surface area contributed by atoms with Crippen molar-refractivity contribution >= 4 is 28.2 Å². The van der Waals surface area contributed by atoms with Crippen LogP contribution >= 0.6 is 11.6 Å². The maximum absolute atomic E-state index is 13.2. The van der Waals surface area contributed by atoms with E-state index in [9.17, 15) is 13.2 Å². The number of benzene rings is 1. The summed E-state index contributed by atoms with van der Waals surface area (Å²) in [6, 6.07) is 7.47. The van der Waals surface area contributed by atoms with Gasteiger partial charge in [-0.3, -0.25) is 4.68 Å². The van der Waals surface area contributed by atoms with Crippen molar-refractivity contribution in [3.63, 3.8) is 0 Å².